The van der Waals surface area contributed by atoms with Gasteiger partial charge in [0.25, 0.3) is 0 Å². The molecule has 5 heteroatoms. The molecule has 24 heavy (non-hydrogen) atoms. The van der Waals surface area contributed by atoms with Crippen molar-refractivity contribution in [1.82, 2.24) is 14.9 Å². The maximum absolute atomic E-state index is 12.8. The molecule has 1 saturated heterocycles. The fourth-order valence-electron chi connectivity index (χ4n) is 4.44. The van der Waals surface area contributed by atoms with Crippen LogP contribution in [0, 0.1) is 5.92 Å². The van der Waals surface area contributed by atoms with Gasteiger partial charge in [0.1, 0.15) is 5.65 Å². The van der Waals surface area contributed by atoms with E-state index in [0.29, 0.717) is 11.8 Å². The molecule has 2 aromatic heterocycles. The van der Waals surface area contributed by atoms with Gasteiger partial charge in [-0.1, -0.05) is 6.42 Å². The van der Waals surface area contributed by atoms with Gasteiger partial charge in [0.2, 0.25) is 5.91 Å². The van der Waals surface area contributed by atoms with Crippen molar-refractivity contribution in [2.45, 2.75) is 50.5 Å². The third-order valence-corrected chi connectivity index (χ3v) is 5.79. The van der Waals surface area contributed by atoms with Gasteiger partial charge in [-0.25, -0.2) is 4.98 Å². The Hall–Kier alpha value is -1.88. The van der Waals surface area contributed by atoms with Crippen molar-refractivity contribution in [3.05, 3.63) is 30.1 Å². The summed E-state index contributed by atoms with van der Waals surface area (Å²) in [5, 5.41) is 1.22. The van der Waals surface area contributed by atoms with Crippen molar-refractivity contribution in [2.75, 3.05) is 13.1 Å². The number of piperidine rings is 1. The predicted molar refractivity (Wildman–Crippen MR) is 94.6 cm³/mol. The standard InChI is InChI=1S/C19H26N4O/c20-15-4-1-3-14(11-15)19(24)23-9-6-13(7-10-23)17-12-22-18-16(17)5-2-8-21-18/h2,5,8,12-15H,1,3-4,6-7,9-11,20H2,(H,21,22)/t14-,15-/m0/s1. The Bertz CT molecular complexity index is 717. The molecule has 0 radical (unpaired) electrons. The molecule has 4 rings (SSSR count). The highest BCUT2D eigenvalue weighted by Gasteiger charge is 2.31. The Labute approximate surface area is 142 Å². The van der Waals surface area contributed by atoms with E-state index in [1.54, 1.807) is 0 Å². The molecular formula is C19H26N4O. The number of H-pyrrole nitrogens is 1. The first-order chi connectivity index (χ1) is 11.7. The molecule has 0 unspecified atom stereocenters. The summed E-state index contributed by atoms with van der Waals surface area (Å²) in [4.78, 5) is 22.5. The van der Waals surface area contributed by atoms with Crippen molar-refractivity contribution in [3.63, 3.8) is 0 Å². The number of aromatic nitrogens is 2. The summed E-state index contributed by atoms with van der Waals surface area (Å²) in [5.41, 5.74) is 8.36. The number of nitrogens with zero attached hydrogens (tertiary/aromatic N) is 2. The van der Waals surface area contributed by atoms with E-state index in [-0.39, 0.29) is 12.0 Å². The molecule has 0 bridgehead atoms. The normalized spacial score (nSPS) is 26.0. The molecule has 1 saturated carbocycles. The van der Waals surface area contributed by atoms with Gasteiger partial charge in [0.05, 0.1) is 0 Å². The molecule has 1 aliphatic heterocycles. The van der Waals surface area contributed by atoms with Gasteiger partial charge >= 0.3 is 0 Å². The Balaban J connectivity index is 1.40. The molecule has 0 spiro atoms. The molecule has 1 aliphatic carbocycles. The van der Waals surface area contributed by atoms with Crippen LogP contribution in [-0.4, -0.2) is 39.9 Å². The first-order valence-electron chi connectivity index (χ1n) is 9.18. The number of hydrogen-bond donors (Lipinski definition) is 2. The highest BCUT2D eigenvalue weighted by atomic mass is 16.2. The lowest BCUT2D eigenvalue weighted by atomic mass is 9.84. The van der Waals surface area contributed by atoms with E-state index in [1.807, 2.05) is 12.3 Å². The Morgan fingerprint density at radius 2 is 2.08 bits per heavy atom. The van der Waals surface area contributed by atoms with Crippen LogP contribution in [0.3, 0.4) is 0 Å². The maximum Gasteiger partial charge on any atom is 0.225 e. The van der Waals surface area contributed by atoms with Crippen molar-refractivity contribution < 1.29 is 4.79 Å². The fourth-order valence-corrected chi connectivity index (χ4v) is 4.44. The number of rotatable bonds is 2. The molecule has 2 aromatic rings. The minimum Gasteiger partial charge on any atom is -0.346 e. The number of pyridine rings is 1. The lowest BCUT2D eigenvalue weighted by Crippen LogP contribution is -2.44. The monoisotopic (exact) mass is 326 g/mol. The molecule has 2 aliphatic rings. The largest absolute Gasteiger partial charge is 0.346 e. The van der Waals surface area contributed by atoms with E-state index >= 15 is 0 Å². The van der Waals surface area contributed by atoms with Gasteiger partial charge in [-0.2, -0.15) is 0 Å². The first kappa shape index (κ1) is 15.6. The van der Waals surface area contributed by atoms with Crippen LogP contribution in [0.1, 0.15) is 50.0 Å². The molecule has 3 N–H and O–H groups in total. The molecule has 3 heterocycles. The number of likely N-dealkylation sites (tertiary alicyclic amines) is 1. The van der Waals surface area contributed by atoms with E-state index < -0.39 is 0 Å². The van der Waals surface area contributed by atoms with Gasteiger partial charge in [0.15, 0.2) is 0 Å². The molecule has 128 valence electrons. The molecular weight excluding hydrogens is 300 g/mol. The number of carbonyl (C=O) groups excluding carboxylic acids is 1. The second-order valence-corrected chi connectivity index (χ2v) is 7.37. The van der Waals surface area contributed by atoms with Crippen LogP contribution in [0.15, 0.2) is 24.5 Å². The number of aromatic amines is 1. The number of amides is 1. The fraction of sp³-hybridized carbons (Fsp3) is 0.579. The SMILES string of the molecule is N[C@H]1CCC[C@H](C(=O)N2CCC(c3c[nH]c4ncccc34)CC2)C1. The Kier molecular flexibility index (Phi) is 4.27. The predicted octanol–water partition coefficient (Wildman–Crippen LogP) is 2.79. The van der Waals surface area contributed by atoms with Crippen LogP contribution in [0.25, 0.3) is 11.0 Å². The summed E-state index contributed by atoms with van der Waals surface area (Å²) in [7, 11) is 0. The maximum atomic E-state index is 12.8. The first-order valence-corrected chi connectivity index (χ1v) is 9.18. The summed E-state index contributed by atoms with van der Waals surface area (Å²) in [6.45, 7) is 1.73. The van der Waals surface area contributed by atoms with Crippen LogP contribution < -0.4 is 5.73 Å². The van der Waals surface area contributed by atoms with Crippen molar-refractivity contribution in [1.29, 1.82) is 0 Å². The van der Waals surface area contributed by atoms with Crippen molar-refractivity contribution in [3.8, 4) is 0 Å². The number of fused-ring (bicyclic) bond motifs is 1. The van der Waals surface area contributed by atoms with E-state index in [4.69, 9.17) is 5.73 Å². The molecule has 2 atom stereocenters. The second-order valence-electron chi connectivity index (χ2n) is 7.37. The summed E-state index contributed by atoms with van der Waals surface area (Å²) < 4.78 is 0. The zero-order valence-electron chi connectivity index (χ0n) is 14.1. The number of hydrogen-bond acceptors (Lipinski definition) is 3. The van der Waals surface area contributed by atoms with Crippen molar-refractivity contribution in [2.24, 2.45) is 11.7 Å². The summed E-state index contributed by atoms with van der Waals surface area (Å²) >= 11 is 0. The van der Waals surface area contributed by atoms with Crippen molar-refractivity contribution >= 4 is 16.9 Å². The lowest BCUT2D eigenvalue weighted by molar-refractivity contribution is -0.137. The quantitative estimate of drug-likeness (QED) is 0.891. The zero-order valence-corrected chi connectivity index (χ0v) is 14.1. The summed E-state index contributed by atoms with van der Waals surface area (Å²) in [5.74, 6) is 1.01. The van der Waals surface area contributed by atoms with Gasteiger partial charge in [-0.05, 0) is 55.7 Å². The molecule has 2 fully saturated rings. The number of nitrogens with one attached hydrogen (secondary N) is 1. The highest BCUT2D eigenvalue weighted by molar-refractivity contribution is 5.81. The van der Waals surface area contributed by atoms with Crippen LogP contribution in [-0.2, 0) is 4.79 Å². The van der Waals surface area contributed by atoms with Gasteiger partial charge < -0.3 is 15.6 Å². The summed E-state index contributed by atoms with van der Waals surface area (Å²) in [6.07, 6.45) is 10.0. The molecule has 0 aromatic carbocycles. The van der Waals surface area contributed by atoms with Crippen LogP contribution >= 0.6 is 0 Å². The topological polar surface area (TPSA) is 75.0 Å². The third-order valence-electron chi connectivity index (χ3n) is 5.79. The average Bonchev–Trinajstić information content (AvgIpc) is 3.05. The number of nitrogens with two attached hydrogens (primary N) is 1. The van der Waals surface area contributed by atoms with E-state index in [9.17, 15) is 4.79 Å². The van der Waals surface area contributed by atoms with Gasteiger partial charge in [-0.3, -0.25) is 4.79 Å². The van der Waals surface area contributed by atoms with Crippen LogP contribution in [0.2, 0.25) is 0 Å². The van der Waals surface area contributed by atoms with Gasteiger partial charge in [-0.15, -0.1) is 0 Å². The Morgan fingerprint density at radius 3 is 2.88 bits per heavy atom. The van der Waals surface area contributed by atoms with Crippen LogP contribution in [0.4, 0.5) is 0 Å². The number of carbonyl (C=O) groups is 1. The zero-order chi connectivity index (χ0) is 16.5. The second kappa shape index (κ2) is 6.55. The third kappa shape index (κ3) is 2.93. The van der Waals surface area contributed by atoms with E-state index in [0.717, 1.165) is 57.3 Å². The Morgan fingerprint density at radius 1 is 1.25 bits per heavy atom. The van der Waals surface area contributed by atoms with E-state index in [2.05, 4.69) is 27.1 Å². The minimum atomic E-state index is 0.155. The molecule has 5 nitrogen and oxygen atoms in total. The smallest absolute Gasteiger partial charge is 0.225 e. The molecule has 1 amide bonds. The van der Waals surface area contributed by atoms with Gasteiger partial charge in [0, 0.05) is 42.8 Å². The van der Waals surface area contributed by atoms with E-state index in [1.165, 1.54) is 10.9 Å². The minimum absolute atomic E-state index is 0.155. The lowest BCUT2D eigenvalue weighted by Gasteiger charge is -2.36. The average molecular weight is 326 g/mol. The summed E-state index contributed by atoms with van der Waals surface area (Å²) in [6, 6.07) is 4.34. The van der Waals surface area contributed by atoms with Crippen LogP contribution in [0.5, 0.6) is 0 Å². The highest BCUT2D eigenvalue weighted by Crippen LogP contribution is 2.34.